The highest BCUT2D eigenvalue weighted by molar-refractivity contribution is 7.84. The number of aliphatic carboxylic acids is 1. The molecule has 0 aromatic heterocycles. The molecule has 0 radical (unpaired) electrons. The van der Waals surface area contributed by atoms with Gasteiger partial charge in [0.05, 0.1) is 49.9 Å². The molecule has 0 aromatic rings. The fourth-order valence-corrected chi connectivity index (χ4v) is 6.90. The first-order chi connectivity index (χ1) is 21.9. The van der Waals surface area contributed by atoms with Crippen LogP contribution in [0.4, 0.5) is 26.3 Å². The minimum absolute atomic E-state index is 0.0120. The van der Waals surface area contributed by atoms with Gasteiger partial charge in [-0.05, 0) is 67.2 Å². The molecular weight excluding hydrogens is 686 g/mol. The summed E-state index contributed by atoms with van der Waals surface area (Å²) in [7, 11) is -3.93. The summed E-state index contributed by atoms with van der Waals surface area (Å²) in [6.45, 7) is 13.0. The van der Waals surface area contributed by atoms with Crippen LogP contribution < -0.4 is 9.44 Å². The van der Waals surface area contributed by atoms with E-state index in [-0.39, 0.29) is 25.4 Å². The van der Waals surface area contributed by atoms with Crippen molar-refractivity contribution in [3.8, 4) is 0 Å². The van der Waals surface area contributed by atoms with E-state index >= 15 is 0 Å². The third kappa shape index (κ3) is 18.1. The Morgan fingerprint density at radius 1 is 0.750 bits per heavy atom. The van der Waals surface area contributed by atoms with Crippen LogP contribution in [0.3, 0.4) is 0 Å². The molecule has 0 unspecified atom stereocenters. The van der Waals surface area contributed by atoms with Crippen LogP contribution in [0.15, 0.2) is 0 Å². The van der Waals surface area contributed by atoms with Gasteiger partial charge in [-0.1, -0.05) is 71.1 Å². The van der Waals surface area contributed by atoms with Crippen molar-refractivity contribution in [2.75, 3.05) is 6.61 Å². The molecule has 1 saturated carbocycles. The quantitative estimate of drug-likeness (QED) is 0.0786. The second-order valence-electron chi connectivity index (χ2n) is 14.3. The number of esters is 1. The number of carboxylic acid groups (broad SMARTS) is 1. The van der Waals surface area contributed by atoms with E-state index in [1.165, 1.54) is 0 Å². The van der Waals surface area contributed by atoms with Crippen LogP contribution >= 0.6 is 0 Å². The largest absolute Gasteiger partial charge is 0.481 e. The number of carbonyl (C=O) groups is 2. The van der Waals surface area contributed by atoms with Crippen LogP contribution in [0.5, 0.6) is 0 Å². The van der Waals surface area contributed by atoms with E-state index in [1.807, 2.05) is 11.6 Å². The highest BCUT2D eigenvalue weighted by Gasteiger charge is 2.51. The molecule has 16 heteroatoms. The molecule has 6 atom stereocenters. The van der Waals surface area contributed by atoms with Crippen molar-refractivity contribution in [2.45, 2.75) is 166 Å². The molecule has 48 heavy (non-hydrogen) atoms. The number of nitrogens with one attached hydrogen (secondary N) is 2. The van der Waals surface area contributed by atoms with Crippen molar-refractivity contribution in [1.82, 2.24) is 9.44 Å². The molecule has 0 heterocycles. The maximum atomic E-state index is 13.5. The smallest absolute Gasteiger partial charge is 0.405 e. The molecule has 1 rings (SSSR count). The Morgan fingerprint density at radius 2 is 1.19 bits per heavy atom. The van der Waals surface area contributed by atoms with Gasteiger partial charge in [-0.15, -0.1) is 0 Å². The molecule has 0 saturated heterocycles. The Bertz CT molecular complexity index is 1010. The van der Waals surface area contributed by atoms with Crippen LogP contribution in [-0.4, -0.2) is 66.0 Å². The molecular formula is C32H58F6N2O6S2. The summed E-state index contributed by atoms with van der Waals surface area (Å²) in [5.74, 6) is -5.41. The summed E-state index contributed by atoms with van der Waals surface area (Å²) < 4.78 is 112. The molecule has 0 spiro atoms. The number of ether oxygens (including phenoxy) is 1. The molecule has 0 aliphatic heterocycles. The zero-order chi connectivity index (χ0) is 37.5. The van der Waals surface area contributed by atoms with Gasteiger partial charge in [-0.25, -0.2) is 17.9 Å². The first-order valence-electron chi connectivity index (χ1n) is 16.8. The summed E-state index contributed by atoms with van der Waals surface area (Å²) in [5.41, 5.74) is 0. The van der Waals surface area contributed by atoms with Crippen molar-refractivity contribution in [3.05, 3.63) is 0 Å². The first-order valence-corrected chi connectivity index (χ1v) is 19.1. The van der Waals surface area contributed by atoms with Gasteiger partial charge in [-0.3, -0.25) is 9.59 Å². The van der Waals surface area contributed by atoms with Gasteiger partial charge in [0.2, 0.25) is 0 Å². The van der Waals surface area contributed by atoms with Gasteiger partial charge in [0, 0.05) is 0 Å². The monoisotopic (exact) mass is 744 g/mol. The fraction of sp³-hybridized carbons (Fsp3) is 0.938. The van der Waals surface area contributed by atoms with E-state index in [4.69, 9.17) is 4.74 Å². The molecule has 8 nitrogen and oxygen atoms in total. The van der Waals surface area contributed by atoms with Crippen LogP contribution in [0, 0.1) is 17.8 Å². The second kappa shape index (κ2) is 21.2. The zero-order valence-electron chi connectivity index (χ0n) is 29.7. The highest BCUT2D eigenvalue weighted by Crippen LogP contribution is 2.36. The third-order valence-electron chi connectivity index (χ3n) is 7.93. The number of unbranched alkanes of at least 4 members (excludes halogenated alkanes) is 4. The minimum atomic E-state index is -4.77. The predicted octanol–water partition coefficient (Wildman–Crippen LogP) is 8.15. The van der Waals surface area contributed by atoms with Crippen LogP contribution in [-0.2, 0) is 36.3 Å². The molecule has 0 amide bonds. The van der Waals surface area contributed by atoms with Crippen molar-refractivity contribution in [2.24, 2.45) is 17.8 Å². The molecule has 286 valence electrons. The van der Waals surface area contributed by atoms with E-state index < -0.39 is 79.7 Å². The van der Waals surface area contributed by atoms with Crippen molar-refractivity contribution >= 4 is 33.9 Å². The van der Waals surface area contributed by atoms with Crippen molar-refractivity contribution in [3.63, 3.8) is 0 Å². The third-order valence-corrected chi connectivity index (χ3v) is 11.1. The highest BCUT2D eigenvalue weighted by atomic mass is 32.2. The number of carboxylic acids is 1. The van der Waals surface area contributed by atoms with E-state index in [1.54, 1.807) is 48.5 Å². The SMILES string of the molecule is CC(C)(C)[S@](=O)N[C@@H]([C@H](CC1CCCCC1)C(=O)O)C(F)(F)F.CCCCCCC[C@H](C(=O)OCC)[C@H](N[S@@](=O)C(C)(C)C)C(F)(F)F. The Hall–Kier alpha value is -1.26. The topological polar surface area (TPSA) is 122 Å². The van der Waals surface area contributed by atoms with Crippen LogP contribution in [0.2, 0.25) is 0 Å². The number of hydrogen-bond acceptors (Lipinski definition) is 5. The molecule has 1 aliphatic rings. The lowest BCUT2D eigenvalue weighted by Crippen LogP contribution is -2.53. The minimum Gasteiger partial charge on any atom is -0.481 e. The average Bonchev–Trinajstić information content (AvgIpc) is 2.94. The Labute approximate surface area is 287 Å². The first kappa shape index (κ1) is 46.7. The van der Waals surface area contributed by atoms with E-state index in [0.717, 1.165) is 57.8 Å². The predicted molar refractivity (Wildman–Crippen MR) is 178 cm³/mol. The van der Waals surface area contributed by atoms with Gasteiger partial charge in [0.15, 0.2) is 0 Å². The maximum Gasteiger partial charge on any atom is 0.405 e. The summed E-state index contributed by atoms with van der Waals surface area (Å²) in [4.78, 5) is 23.6. The molecule has 0 bridgehead atoms. The lowest BCUT2D eigenvalue weighted by atomic mass is 9.80. The van der Waals surface area contributed by atoms with Gasteiger partial charge in [0.1, 0.15) is 12.1 Å². The standard InChI is InChI=1S/C17H32F3NO3S.C15H26F3NO3S/c1-6-8-9-10-11-12-13(15(22)24-7-2)14(17(18,19)20)21-25(23)16(3,4)5;1-14(2,3)23(22)19-12(15(16,17)18)11(13(20)21)9-10-7-5-4-6-8-10/h13-14,21H,6-12H2,1-5H3;10-12,19H,4-9H2,1-3H3,(H,20,21)/t13-,14-,25-;11-,12-,23-/m00/s1. The number of rotatable bonds is 17. The lowest BCUT2D eigenvalue weighted by Gasteiger charge is -2.32. The molecule has 3 N–H and O–H groups in total. The van der Waals surface area contributed by atoms with Gasteiger partial charge >= 0.3 is 24.3 Å². The Kier molecular flexibility index (Phi) is 20.6. The van der Waals surface area contributed by atoms with Gasteiger partial charge < -0.3 is 9.84 Å². The summed E-state index contributed by atoms with van der Waals surface area (Å²) >= 11 is 0. The molecule has 1 aliphatic carbocycles. The zero-order valence-corrected chi connectivity index (χ0v) is 31.3. The van der Waals surface area contributed by atoms with Crippen molar-refractivity contribution < 1.29 is 54.2 Å². The second-order valence-corrected chi connectivity index (χ2v) is 18.3. The Morgan fingerprint density at radius 3 is 1.56 bits per heavy atom. The maximum absolute atomic E-state index is 13.5. The fourth-order valence-electron chi connectivity index (χ4n) is 5.14. The molecule has 1 fully saturated rings. The summed E-state index contributed by atoms with van der Waals surface area (Å²) in [5, 5.41) is 9.31. The number of hydrogen-bond donors (Lipinski definition) is 3. The Balaban J connectivity index is 0.000000923. The van der Waals surface area contributed by atoms with E-state index in [9.17, 15) is 49.5 Å². The molecule has 0 aromatic carbocycles. The summed E-state index contributed by atoms with van der Waals surface area (Å²) in [6.07, 6.45) is -0.797. The van der Waals surface area contributed by atoms with Crippen LogP contribution in [0.1, 0.15) is 132 Å². The van der Waals surface area contributed by atoms with Gasteiger partial charge in [0.25, 0.3) is 0 Å². The number of carbonyl (C=O) groups excluding carboxylic acids is 1. The number of halogens is 6. The lowest BCUT2D eigenvalue weighted by molar-refractivity contribution is -0.179. The average molecular weight is 745 g/mol. The van der Waals surface area contributed by atoms with E-state index in [0.29, 0.717) is 6.42 Å². The van der Waals surface area contributed by atoms with Gasteiger partial charge in [-0.2, -0.15) is 26.3 Å². The summed E-state index contributed by atoms with van der Waals surface area (Å²) in [6, 6.07) is -4.49. The van der Waals surface area contributed by atoms with Crippen molar-refractivity contribution in [1.29, 1.82) is 0 Å². The van der Waals surface area contributed by atoms with E-state index in [2.05, 4.69) is 4.72 Å². The van der Waals surface area contributed by atoms with Crippen LogP contribution in [0.25, 0.3) is 0 Å². The number of alkyl halides is 6. The normalized spacial score (nSPS) is 18.9.